The van der Waals surface area contributed by atoms with Crippen LogP contribution >= 0.6 is 0 Å². The maximum atomic E-state index is 12.6. The third-order valence-electron chi connectivity index (χ3n) is 4.06. The van der Waals surface area contributed by atoms with Gasteiger partial charge in [-0.25, -0.2) is 8.42 Å². The van der Waals surface area contributed by atoms with Crippen LogP contribution in [0.3, 0.4) is 0 Å². The Kier molecular flexibility index (Phi) is 6.45. The molecular formula is C17H27N3O2S. The van der Waals surface area contributed by atoms with E-state index in [0.717, 1.165) is 25.5 Å². The lowest BCUT2D eigenvalue weighted by atomic mass is 10.2. The zero-order chi connectivity index (χ0) is 16.7. The molecule has 5 nitrogen and oxygen atoms in total. The Morgan fingerprint density at radius 2 is 1.87 bits per heavy atom. The molecule has 23 heavy (non-hydrogen) atoms. The van der Waals surface area contributed by atoms with E-state index in [1.54, 1.807) is 24.3 Å². The summed E-state index contributed by atoms with van der Waals surface area (Å²) < 4.78 is 25.1. The summed E-state index contributed by atoms with van der Waals surface area (Å²) in [7, 11) is -3.29. The van der Waals surface area contributed by atoms with Gasteiger partial charge in [-0.05, 0) is 38.3 Å². The van der Waals surface area contributed by atoms with E-state index in [9.17, 15) is 8.42 Å². The highest BCUT2D eigenvalue weighted by Crippen LogP contribution is 2.13. The molecule has 1 heterocycles. The first kappa shape index (κ1) is 17.8. The van der Waals surface area contributed by atoms with Crippen molar-refractivity contribution in [3.8, 4) is 0 Å². The van der Waals surface area contributed by atoms with Crippen LogP contribution in [0.25, 0.3) is 0 Å². The molecule has 128 valence electrons. The van der Waals surface area contributed by atoms with Crippen molar-refractivity contribution in [3.05, 3.63) is 30.3 Å². The SMILES string of the molecule is CCN=C(NC(CC)CS(=O)(=O)c1ccccc1)N1CCCC1. The summed E-state index contributed by atoms with van der Waals surface area (Å²) in [5.74, 6) is 0.935. The predicted octanol–water partition coefficient (Wildman–Crippen LogP) is 2.30. The van der Waals surface area contributed by atoms with E-state index < -0.39 is 9.84 Å². The Hall–Kier alpha value is -1.56. The van der Waals surface area contributed by atoms with Gasteiger partial charge in [0.15, 0.2) is 15.8 Å². The lowest BCUT2D eigenvalue weighted by Crippen LogP contribution is -2.47. The molecule has 1 fully saturated rings. The summed E-state index contributed by atoms with van der Waals surface area (Å²) in [5.41, 5.74) is 0. The second-order valence-electron chi connectivity index (χ2n) is 5.84. The highest BCUT2D eigenvalue weighted by atomic mass is 32.2. The molecule has 1 saturated heterocycles. The van der Waals surface area contributed by atoms with E-state index in [4.69, 9.17) is 0 Å². The summed E-state index contributed by atoms with van der Waals surface area (Å²) in [6.07, 6.45) is 3.08. The monoisotopic (exact) mass is 337 g/mol. The van der Waals surface area contributed by atoms with E-state index in [-0.39, 0.29) is 11.8 Å². The molecular weight excluding hydrogens is 310 g/mol. The minimum absolute atomic E-state index is 0.0874. The third-order valence-corrected chi connectivity index (χ3v) is 5.89. The Bertz CT molecular complexity index is 608. The zero-order valence-corrected chi connectivity index (χ0v) is 14.8. The van der Waals surface area contributed by atoms with Crippen molar-refractivity contribution in [2.24, 2.45) is 4.99 Å². The van der Waals surface area contributed by atoms with Gasteiger partial charge in [0.25, 0.3) is 0 Å². The average molecular weight is 337 g/mol. The fourth-order valence-electron chi connectivity index (χ4n) is 2.75. The molecule has 0 saturated carbocycles. The van der Waals surface area contributed by atoms with Crippen LogP contribution in [0.4, 0.5) is 0 Å². The Labute approximate surface area is 139 Å². The number of nitrogens with one attached hydrogen (secondary N) is 1. The third kappa shape index (κ3) is 4.96. The first-order valence-corrected chi connectivity index (χ1v) is 10.1. The van der Waals surface area contributed by atoms with Gasteiger partial charge in [-0.1, -0.05) is 25.1 Å². The van der Waals surface area contributed by atoms with Crippen LogP contribution in [-0.4, -0.2) is 50.7 Å². The second kappa shape index (κ2) is 8.34. The topological polar surface area (TPSA) is 61.8 Å². The van der Waals surface area contributed by atoms with Gasteiger partial charge in [0.05, 0.1) is 10.6 Å². The standard InChI is InChI=1S/C17H27N3O2S/c1-3-15(14-23(21,22)16-10-6-5-7-11-16)19-17(18-4-2)20-12-8-9-13-20/h5-7,10-11,15H,3-4,8-9,12-14H2,1-2H3,(H,18,19). The van der Waals surface area contributed by atoms with Crippen molar-refractivity contribution < 1.29 is 8.42 Å². The number of hydrogen-bond donors (Lipinski definition) is 1. The Morgan fingerprint density at radius 3 is 2.43 bits per heavy atom. The summed E-state index contributed by atoms with van der Waals surface area (Å²) in [4.78, 5) is 7.14. The van der Waals surface area contributed by atoms with Gasteiger partial charge in [-0.15, -0.1) is 0 Å². The number of guanidine groups is 1. The van der Waals surface area contributed by atoms with E-state index in [2.05, 4.69) is 15.2 Å². The number of nitrogens with zero attached hydrogens (tertiary/aromatic N) is 2. The molecule has 2 rings (SSSR count). The van der Waals surface area contributed by atoms with Gasteiger partial charge >= 0.3 is 0 Å². The van der Waals surface area contributed by atoms with Crippen molar-refractivity contribution in [2.45, 2.75) is 44.0 Å². The number of likely N-dealkylation sites (tertiary alicyclic amines) is 1. The van der Waals surface area contributed by atoms with Crippen molar-refractivity contribution in [3.63, 3.8) is 0 Å². The quantitative estimate of drug-likeness (QED) is 0.639. The fraction of sp³-hybridized carbons (Fsp3) is 0.588. The van der Waals surface area contributed by atoms with Gasteiger partial charge in [-0.3, -0.25) is 4.99 Å². The molecule has 0 bridgehead atoms. The Morgan fingerprint density at radius 1 is 1.22 bits per heavy atom. The average Bonchev–Trinajstić information content (AvgIpc) is 3.08. The van der Waals surface area contributed by atoms with Gasteiger partial charge in [0.1, 0.15) is 0 Å². The molecule has 1 aromatic carbocycles. The molecule has 0 aliphatic carbocycles. The van der Waals surface area contributed by atoms with Crippen LogP contribution in [-0.2, 0) is 9.84 Å². The van der Waals surface area contributed by atoms with E-state index in [1.807, 2.05) is 19.9 Å². The normalized spacial score (nSPS) is 17.3. The molecule has 1 N–H and O–H groups in total. The minimum Gasteiger partial charge on any atom is -0.352 e. The number of benzene rings is 1. The van der Waals surface area contributed by atoms with E-state index in [1.165, 1.54) is 12.8 Å². The summed E-state index contributed by atoms with van der Waals surface area (Å²) in [6.45, 7) is 6.69. The fourth-order valence-corrected chi connectivity index (χ4v) is 4.36. The zero-order valence-electron chi connectivity index (χ0n) is 14.0. The molecule has 0 amide bonds. The number of hydrogen-bond acceptors (Lipinski definition) is 3. The van der Waals surface area contributed by atoms with Crippen LogP contribution < -0.4 is 5.32 Å². The van der Waals surface area contributed by atoms with Crippen LogP contribution in [0.15, 0.2) is 40.2 Å². The van der Waals surface area contributed by atoms with Gasteiger partial charge in [-0.2, -0.15) is 0 Å². The largest absolute Gasteiger partial charge is 0.352 e. The first-order valence-electron chi connectivity index (χ1n) is 8.40. The summed E-state index contributed by atoms with van der Waals surface area (Å²) in [5, 5.41) is 3.37. The smallest absolute Gasteiger partial charge is 0.194 e. The second-order valence-corrected chi connectivity index (χ2v) is 7.87. The van der Waals surface area contributed by atoms with Crippen LogP contribution in [0, 0.1) is 0 Å². The van der Waals surface area contributed by atoms with Gasteiger partial charge in [0.2, 0.25) is 0 Å². The molecule has 0 spiro atoms. The molecule has 1 atom stereocenters. The number of aliphatic imine (C=N–C) groups is 1. The highest BCUT2D eigenvalue weighted by molar-refractivity contribution is 7.91. The highest BCUT2D eigenvalue weighted by Gasteiger charge is 2.23. The van der Waals surface area contributed by atoms with Gasteiger partial charge in [0, 0.05) is 25.7 Å². The minimum atomic E-state index is -3.29. The number of rotatable bonds is 6. The van der Waals surface area contributed by atoms with Crippen LogP contribution in [0.5, 0.6) is 0 Å². The molecule has 0 radical (unpaired) electrons. The molecule has 1 aromatic rings. The summed E-state index contributed by atoms with van der Waals surface area (Å²) in [6, 6.07) is 8.53. The molecule has 1 aliphatic rings. The molecule has 1 unspecified atom stereocenters. The van der Waals surface area contributed by atoms with Gasteiger partial charge < -0.3 is 10.2 Å². The van der Waals surface area contributed by atoms with Crippen molar-refractivity contribution in [1.29, 1.82) is 0 Å². The Balaban J connectivity index is 2.08. The van der Waals surface area contributed by atoms with E-state index in [0.29, 0.717) is 11.4 Å². The molecule has 1 aliphatic heterocycles. The number of sulfone groups is 1. The summed E-state index contributed by atoms with van der Waals surface area (Å²) >= 11 is 0. The van der Waals surface area contributed by atoms with Crippen molar-refractivity contribution in [1.82, 2.24) is 10.2 Å². The molecule has 6 heteroatoms. The maximum Gasteiger partial charge on any atom is 0.194 e. The molecule has 0 aromatic heterocycles. The van der Waals surface area contributed by atoms with Crippen LogP contribution in [0.2, 0.25) is 0 Å². The maximum absolute atomic E-state index is 12.6. The lowest BCUT2D eigenvalue weighted by molar-refractivity contribution is 0.472. The predicted molar refractivity (Wildman–Crippen MR) is 94.5 cm³/mol. The van der Waals surface area contributed by atoms with Crippen molar-refractivity contribution >= 4 is 15.8 Å². The van der Waals surface area contributed by atoms with Crippen molar-refractivity contribution in [2.75, 3.05) is 25.4 Å². The lowest BCUT2D eigenvalue weighted by Gasteiger charge is -2.26. The first-order chi connectivity index (χ1) is 11.1. The van der Waals surface area contributed by atoms with Crippen LogP contribution in [0.1, 0.15) is 33.1 Å². The van der Waals surface area contributed by atoms with E-state index >= 15 is 0 Å².